The summed E-state index contributed by atoms with van der Waals surface area (Å²) in [5.74, 6) is -1.02. The van der Waals surface area contributed by atoms with Crippen molar-refractivity contribution in [1.29, 1.82) is 0 Å². The zero-order valence-electron chi connectivity index (χ0n) is 10.3. The third kappa shape index (κ3) is 3.17. The molecule has 5 heteroatoms. The van der Waals surface area contributed by atoms with Crippen LogP contribution in [0.5, 0.6) is 0 Å². The third-order valence-corrected chi connectivity index (χ3v) is 2.83. The summed E-state index contributed by atoms with van der Waals surface area (Å²) in [6, 6.07) is 11.4. The smallest absolute Gasteiger partial charge is 0.417 e. The van der Waals surface area contributed by atoms with Crippen molar-refractivity contribution in [2.24, 2.45) is 0 Å². The minimum absolute atomic E-state index is 0.0484. The Hall–Kier alpha value is -2.30. The first-order valence-electron chi connectivity index (χ1n) is 5.85. The van der Waals surface area contributed by atoms with Gasteiger partial charge in [0.05, 0.1) is 12.0 Å². The Morgan fingerprint density at radius 3 is 2.40 bits per heavy atom. The average Bonchev–Trinajstić information content (AvgIpc) is 2.37. The topological polar surface area (TPSA) is 37.3 Å². The molecule has 2 aromatic rings. The number of carboxylic acid groups (broad SMARTS) is 1. The van der Waals surface area contributed by atoms with Gasteiger partial charge in [-0.1, -0.05) is 42.5 Å². The molecule has 2 rings (SSSR count). The minimum Gasteiger partial charge on any atom is -0.481 e. The Kier molecular flexibility index (Phi) is 3.79. The molecular formula is C15H11F3O2. The summed E-state index contributed by atoms with van der Waals surface area (Å²) >= 11 is 0. The van der Waals surface area contributed by atoms with E-state index in [2.05, 4.69) is 0 Å². The Morgan fingerprint density at radius 1 is 1.05 bits per heavy atom. The number of carbonyl (C=O) groups is 1. The number of rotatable bonds is 3. The molecule has 0 bridgehead atoms. The lowest BCUT2D eigenvalue weighted by Crippen LogP contribution is -2.07. The van der Waals surface area contributed by atoms with E-state index in [1.54, 1.807) is 12.1 Å². The van der Waals surface area contributed by atoms with Gasteiger partial charge in [0.1, 0.15) is 0 Å². The normalized spacial score (nSPS) is 11.3. The summed E-state index contributed by atoms with van der Waals surface area (Å²) in [6.07, 6.45) is -4.67. The largest absolute Gasteiger partial charge is 0.481 e. The van der Waals surface area contributed by atoms with Crippen LogP contribution in [0.15, 0.2) is 48.5 Å². The molecule has 0 radical (unpaired) electrons. The molecular weight excluding hydrogens is 269 g/mol. The number of hydrogen-bond acceptors (Lipinski definition) is 1. The Bertz CT molecular complexity index is 633. The molecule has 0 aliphatic carbocycles. The fraction of sp³-hybridized carbons (Fsp3) is 0.133. The van der Waals surface area contributed by atoms with Gasteiger partial charge in [-0.15, -0.1) is 0 Å². The van der Waals surface area contributed by atoms with E-state index in [1.807, 2.05) is 0 Å². The number of halogens is 3. The lowest BCUT2D eigenvalue weighted by atomic mass is 9.97. The summed E-state index contributed by atoms with van der Waals surface area (Å²) in [5.41, 5.74) is 0.142. The van der Waals surface area contributed by atoms with Gasteiger partial charge in [0.25, 0.3) is 0 Å². The van der Waals surface area contributed by atoms with Gasteiger partial charge >= 0.3 is 12.1 Å². The first-order valence-corrected chi connectivity index (χ1v) is 5.85. The van der Waals surface area contributed by atoms with E-state index >= 15 is 0 Å². The van der Waals surface area contributed by atoms with Gasteiger partial charge < -0.3 is 5.11 Å². The van der Waals surface area contributed by atoms with Crippen LogP contribution >= 0.6 is 0 Å². The molecule has 0 aliphatic rings. The number of benzene rings is 2. The van der Waals surface area contributed by atoms with Crippen LogP contribution in [-0.2, 0) is 17.4 Å². The third-order valence-electron chi connectivity index (χ3n) is 2.83. The molecule has 104 valence electrons. The number of aliphatic carboxylic acids is 1. The number of alkyl halides is 3. The molecule has 0 saturated carbocycles. The fourth-order valence-corrected chi connectivity index (χ4v) is 2.01. The van der Waals surface area contributed by atoms with Crippen molar-refractivity contribution in [2.45, 2.75) is 12.6 Å². The molecule has 0 heterocycles. The molecule has 0 aliphatic heterocycles. The van der Waals surface area contributed by atoms with Crippen LogP contribution in [0.1, 0.15) is 11.1 Å². The van der Waals surface area contributed by atoms with E-state index in [0.717, 1.165) is 6.07 Å². The summed E-state index contributed by atoms with van der Waals surface area (Å²) < 4.78 is 38.9. The van der Waals surface area contributed by atoms with Crippen molar-refractivity contribution >= 4 is 5.97 Å². The highest BCUT2D eigenvalue weighted by Crippen LogP contribution is 2.37. The van der Waals surface area contributed by atoms with Gasteiger partial charge in [-0.05, 0) is 22.8 Å². The predicted molar refractivity (Wildman–Crippen MR) is 68.2 cm³/mol. The number of hydrogen-bond donors (Lipinski definition) is 1. The Morgan fingerprint density at radius 2 is 1.75 bits per heavy atom. The minimum atomic E-state index is -4.45. The summed E-state index contributed by atoms with van der Waals surface area (Å²) in [7, 11) is 0. The van der Waals surface area contributed by atoms with E-state index in [0.29, 0.717) is 11.1 Å². The Balaban J connectivity index is 2.49. The first-order chi connectivity index (χ1) is 9.38. The van der Waals surface area contributed by atoms with Crippen LogP contribution < -0.4 is 0 Å². The lowest BCUT2D eigenvalue weighted by molar-refractivity contribution is -0.137. The van der Waals surface area contributed by atoms with Crippen LogP contribution in [0.4, 0.5) is 13.2 Å². The van der Waals surface area contributed by atoms with Crippen molar-refractivity contribution in [2.75, 3.05) is 0 Å². The van der Waals surface area contributed by atoms with Gasteiger partial charge in [0.15, 0.2) is 0 Å². The molecule has 0 saturated heterocycles. The second kappa shape index (κ2) is 5.36. The highest BCUT2D eigenvalue weighted by atomic mass is 19.4. The van der Waals surface area contributed by atoms with E-state index in [-0.39, 0.29) is 12.0 Å². The first kappa shape index (κ1) is 14.1. The van der Waals surface area contributed by atoms with E-state index in [1.165, 1.54) is 30.3 Å². The van der Waals surface area contributed by atoms with Gasteiger partial charge in [-0.2, -0.15) is 13.2 Å². The van der Waals surface area contributed by atoms with Gasteiger partial charge in [0, 0.05) is 0 Å². The van der Waals surface area contributed by atoms with E-state index in [4.69, 9.17) is 5.11 Å². The lowest BCUT2D eigenvalue weighted by Gasteiger charge is -2.13. The summed E-state index contributed by atoms with van der Waals surface area (Å²) in [4.78, 5) is 10.7. The molecule has 0 spiro atoms. The molecule has 0 amide bonds. The van der Waals surface area contributed by atoms with Gasteiger partial charge in [0.2, 0.25) is 0 Å². The van der Waals surface area contributed by atoms with Crippen LogP contribution in [0.3, 0.4) is 0 Å². The van der Waals surface area contributed by atoms with E-state index < -0.39 is 17.7 Å². The highest BCUT2D eigenvalue weighted by Gasteiger charge is 2.33. The maximum absolute atomic E-state index is 13.0. The maximum atomic E-state index is 13.0. The fourth-order valence-electron chi connectivity index (χ4n) is 2.01. The second-order valence-electron chi connectivity index (χ2n) is 4.31. The zero-order valence-corrected chi connectivity index (χ0v) is 10.3. The second-order valence-corrected chi connectivity index (χ2v) is 4.31. The molecule has 0 atom stereocenters. The van der Waals surface area contributed by atoms with E-state index in [9.17, 15) is 18.0 Å². The molecule has 0 unspecified atom stereocenters. The van der Waals surface area contributed by atoms with Gasteiger partial charge in [-0.25, -0.2) is 0 Å². The maximum Gasteiger partial charge on any atom is 0.417 e. The predicted octanol–water partition coefficient (Wildman–Crippen LogP) is 4.00. The molecule has 2 nitrogen and oxygen atoms in total. The monoisotopic (exact) mass is 280 g/mol. The van der Waals surface area contributed by atoms with Crippen molar-refractivity contribution in [3.63, 3.8) is 0 Å². The van der Waals surface area contributed by atoms with Crippen molar-refractivity contribution in [3.8, 4) is 11.1 Å². The SMILES string of the molecule is O=C(O)Cc1cccc(-c2ccccc2C(F)(F)F)c1. The Labute approximate surface area is 113 Å². The molecule has 1 N–H and O–H groups in total. The average molecular weight is 280 g/mol. The molecule has 2 aromatic carbocycles. The zero-order chi connectivity index (χ0) is 14.8. The molecule has 20 heavy (non-hydrogen) atoms. The van der Waals surface area contributed by atoms with Crippen LogP contribution in [0.25, 0.3) is 11.1 Å². The van der Waals surface area contributed by atoms with Crippen LogP contribution in [0.2, 0.25) is 0 Å². The number of carboxylic acids is 1. The highest BCUT2D eigenvalue weighted by molar-refractivity contribution is 5.73. The molecule has 0 aromatic heterocycles. The van der Waals surface area contributed by atoms with Crippen molar-refractivity contribution < 1.29 is 23.1 Å². The van der Waals surface area contributed by atoms with Crippen molar-refractivity contribution in [3.05, 3.63) is 59.7 Å². The summed E-state index contributed by atoms with van der Waals surface area (Å²) in [6.45, 7) is 0. The summed E-state index contributed by atoms with van der Waals surface area (Å²) in [5, 5.41) is 8.73. The van der Waals surface area contributed by atoms with Crippen molar-refractivity contribution in [1.82, 2.24) is 0 Å². The van der Waals surface area contributed by atoms with Crippen LogP contribution in [0, 0.1) is 0 Å². The standard InChI is InChI=1S/C15H11F3O2/c16-15(17,18)13-7-2-1-6-12(13)11-5-3-4-10(8-11)9-14(19)20/h1-8H,9H2,(H,19,20). The van der Waals surface area contributed by atoms with Crippen LogP contribution in [-0.4, -0.2) is 11.1 Å². The molecule has 0 fully saturated rings. The quantitative estimate of drug-likeness (QED) is 0.922. The van der Waals surface area contributed by atoms with Gasteiger partial charge in [-0.3, -0.25) is 4.79 Å².